The van der Waals surface area contributed by atoms with Crippen LogP contribution in [0.1, 0.15) is 63.0 Å². The highest BCUT2D eigenvalue weighted by Gasteiger charge is 2.35. The topological polar surface area (TPSA) is 67.2 Å². The predicted molar refractivity (Wildman–Crippen MR) is 89.2 cm³/mol. The highest BCUT2D eigenvalue weighted by Crippen LogP contribution is 2.33. The van der Waals surface area contributed by atoms with Gasteiger partial charge in [0.1, 0.15) is 5.82 Å². The molecule has 1 N–H and O–H groups in total. The standard InChI is InChI=1S/C18H26N4O2/c1-12-17-20-15(10-16(23)19-14-6-3-7-14)11-21(17)8-9-22(12)18(24)13-4-2-5-13/h11-14H,2-10H2,1H3,(H,19,23)/t12-/m1/s1. The van der Waals surface area contributed by atoms with Gasteiger partial charge in [0.05, 0.1) is 18.2 Å². The zero-order chi connectivity index (χ0) is 16.7. The van der Waals surface area contributed by atoms with Crippen LogP contribution in [0, 0.1) is 5.92 Å². The Hall–Kier alpha value is -1.85. The largest absolute Gasteiger partial charge is 0.353 e. The molecule has 4 rings (SSSR count). The summed E-state index contributed by atoms with van der Waals surface area (Å²) >= 11 is 0. The molecule has 0 spiro atoms. The number of rotatable bonds is 4. The molecule has 0 radical (unpaired) electrons. The Bertz CT molecular complexity index is 645. The summed E-state index contributed by atoms with van der Waals surface area (Å²) in [6, 6.07) is 0.361. The normalized spacial score (nSPS) is 24.0. The summed E-state index contributed by atoms with van der Waals surface area (Å²) in [7, 11) is 0. The molecular formula is C18H26N4O2. The van der Waals surface area contributed by atoms with E-state index in [2.05, 4.69) is 14.9 Å². The molecule has 130 valence electrons. The van der Waals surface area contributed by atoms with E-state index in [-0.39, 0.29) is 23.8 Å². The lowest BCUT2D eigenvalue weighted by atomic mass is 9.84. The number of nitrogens with one attached hydrogen (secondary N) is 1. The quantitative estimate of drug-likeness (QED) is 0.915. The number of fused-ring (bicyclic) bond motifs is 1. The van der Waals surface area contributed by atoms with E-state index in [4.69, 9.17) is 0 Å². The van der Waals surface area contributed by atoms with Crippen LogP contribution in [0.3, 0.4) is 0 Å². The SMILES string of the molecule is C[C@@H]1c2nc(CC(=O)NC3CCC3)cn2CCN1C(=O)C1CCC1. The summed E-state index contributed by atoms with van der Waals surface area (Å²) < 4.78 is 2.11. The molecule has 1 aromatic rings. The van der Waals surface area contributed by atoms with Gasteiger partial charge in [-0.1, -0.05) is 6.42 Å². The number of aromatic nitrogens is 2. The van der Waals surface area contributed by atoms with Gasteiger partial charge in [-0.05, 0) is 39.0 Å². The number of hydrogen-bond donors (Lipinski definition) is 1. The zero-order valence-corrected chi connectivity index (χ0v) is 14.3. The summed E-state index contributed by atoms with van der Waals surface area (Å²) in [5, 5.41) is 3.06. The molecule has 2 fully saturated rings. The van der Waals surface area contributed by atoms with E-state index >= 15 is 0 Å². The van der Waals surface area contributed by atoms with Crippen LogP contribution in [0.5, 0.6) is 0 Å². The van der Waals surface area contributed by atoms with E-state index in [0.29, 0.717) is 12.5 Å². The van der Waals surface area contributed by atoms with Gasteiger partial charge in [0.25, 0.3) is 0 Å². The number of amides is 2. The lowest BCUT2D eigenvalue weighted by Gasteiger charge is -2.38. The Morgan fingerprint density at radius 2 is 1.96 bits per heavy atom. The van der Waals surface area contributed by atoms with Gasteiger partial charge >= 0.3 is 0 Å². The Kier molecular flexibility index (Phi) is 4.06. The first-order valence-electron chi connectivity index (χ1n) is 9.27. The Balaban J connectivity index is 1.42. The monoisotopic (exact) mass is 330 g/mol. The van der Waals surface area contributed by atoms with Crippen LogP contribution in [0.4, 0.5) is 0 Å². The van der Waals surface area contributed by atoms with Crippen molar-refractivity contribution in [1.29, 1.82) is 0 Å². The second-order valence-corrected chi connectivity index (χ2v) is 7.49. The van der Waals surface area contributed by atoms with Crippen LogP contribution in [-0.4, -0.2) is 38.9 Å². The summed E-state index contributed by atoms with van der Waals surface area (Å²) in [4.78, 5) is 31.3. The third-order valence-corrected chi connectivity index (χ3v) is 5.83. The summed E-state index contributed by atoms with van der Waals surface area (Å²) in [6.45, 7) is 3.57. The van der Waals surface area contributed by atoms with E-state index in [9.17, 15) is 9.59 Å². The molecule has 1 aliphatic heterocycles. The van der Waals surface area contributed by atoms with Crippen LogP contribution in [0.2, 0.25) is 0 Å². The number of nitrogens with zero attached hydrogens (tertiary/aromatic N) is 3. The Labute approximate surface area is 142 Å². The maximum atomic E-state index is 12.6. The molecule has 0 bridgehead atoms. The lowest BCUT2D eigenvalue weighted by molar-refractivity contribution is -0.141. The van der Waals surface area contributed by atoms with Gasteiger partial charge in [-0.3, -0.25) is 9.59 Å². The molecule has 6 nitrogen and oxygen atoms in total. The first-order valence-corrected chi connectivity index (χ1v) is 9.27. The molecule has 2 amide bonds. The number of carbonyl (C=O) groups excluding carboxylic acids is 2. The Morgan fingerprint density at radius 1 is 1.21 bits per heavy atom. The molecule has 1 aromatic heterocycles. The Morgan fingerprint density at radius 3 is 2.58 bits per heavy atom. The maximum absolute atomic E-state index is 12.6. The highest BCUT2D eigenvalue weighted by molar-refractivity contribution is 5.80. The van der Waals surface area contributed by atoms with Gasteiger partial charge in [-0.2, -0.15) is 0 Å². The zero-order valence-electron chi connectivity index (χ0n) is 14.3. The van der Waals surface area contributed by atoms with Crippen molar-refractivity contribution in [2.75, 3.05) is 6.54 Å². The van der Waals surface area contributed by atoms with Gasteiger partial charge in [0, 0.05) is 31.2 Å². The maximum Gasteiger partial charge on any atom is 0.226 e. The summed E-state index contributed by atoms with van der Waals surface area (Å²) in [6.07, 6.45) is 8.96. The van der Waals surface area contributed by atoms with Crippen molar-refractivity contribution >= 4 is 11.8 Å². The van der Waals surface area contributed by atoms with Crippen molar-refractivity contribution in [2.45, 2.75) is 70.5 Å². The molecule has 2 aliphatic carbocycles. The van der Waals surface area contributed by atoms with E-state index in [1.54, 1.807) is 0 Å². The van der Waals surface area contributed by atoms with Gasteiger partial charge in [-0.25, -0.2) is 4.98 Å². The molecule has 0 unspecified atom stereocenters. The summed E-state index contributed by atoms with van der Waals surface area (Å²) in [5.41, 5.74) is 0.812. The fourth-order valence-electron chi connectivity index (χ4n) is 3.82. The minimum absolute atomic E-state index is 0.00436. The number of hydrogen-bond acceptors (Lipinski definition) is 3. The average Bonchev–Trinajstić information content (AvgIpc) is 2.85. The van der Waals surface area contributed by atoms with Crippen molar-refractivity contribution in [3.05, 3.63) is 17.7 Å². The second kappa shape index (κ2) is 6.22. The van der Waals surface area contributed by atoms with Crippen molar-refractivity contribution in [3.63, 3.8) is 0 Å². The highest BCUT2D eigenvalue weighted by atomic mass is 16.2. The molecular weight excluding hydrogens is 304 g/mol. The van der Waals surface area contributed by atoms with Crippen LogP contribution >= 0.6 is 0 Å². The lowest BCUT2D eigenvalue weighted by Crippen LogP contribution is -2.45. The molecule has 6 heteroatoms. The van der Waals surface area contributed by atoms with Gasteiger partial charge in [-0.15, -0.1) is 0 Å². The molecule has 0 saturated heterocycles. The third-order valence-electron chi connectivity index (χ3n) is 5.83. The van der Waals surface area contributed by atoms with Crippen LogP contribution < -0.4 is 5.32 Å². The first-order chi connectivity index (χ1) is 11.6. The molecule has 24 heavy (non-hydrogen) atoms. The van der Waals surface area contributed by atoms with Crippen molar-refractivity contribution in [2.24, 2.45) is 5.92 Å². The average molecular weight is 330 g/mol. The smallest absolute Gasteiger partial charge is 0.226 e. The van der Waals surface area contributed by atoms with Crippen LogP contribution in [-0.2, 0) is 22.6 Å². The van der Waals surface area contributed by atoms with Gasteiger partial charge in [0.15, 0.2) is 0 Å². The fourth-order valence-corrected chi connectivity index (χ4v) is 3.82. The number of carbonyl (C=O) groups is 2. The van der Waals surface area contributed by atoms with E-state index < -0.39 is 0 Å². The van der Waals surface area contributed by atoms with E-state index in [1.807, 2.05) is 18.0 Å². The fraction of sp³-hybridized carbons (Fsp3) is 0.722. The van der Waals surface area contributed by atoms with Crippen molar-refractivity contribution < 1.29 is 9.59 Å². The van der Waals surface area contributed by atoms with Crippen LogP contribution in [0.25, 0.3) is 0 Å². The minimum Gasteiger partial charge on any atom is -0.353 e. The molecule has 1 atom stereocenters. The molecule has 0 aromatic carbocycles. The number of imidazole rings is 1. The van der Waals surface area contributed by atoms with E-state index in [1.165, 1.54) is 12.8 Å². The second-order valence-electron chi connectivity index (χ2n) is 7.49. The third kappa shape index (κ3) is 2.82. The van der Waals surface area contributed by atoms with Gasteiger partial charge in [0.2, 0.25) is 11.8 Å². The molecule has 2 heterocycles. The molecule has 3 aliphatic rings. The van der Waals surface area contributed by atoms with Gasteiger partial charge < -0.3 is 14.8 Å². The van der Waals surface area contributed by atoms with Crippen molar-refractivity contribution in [1.82, 2.24) is 19.8 Å². The summed E-state index contributed by atoms with van der Waals surface area (Å²) in [5.74, 6) is 1.49. The predicted octanol–water partition coefficient (Wildman–Crippen LogP) is 1.80. The van der Waals surface area contributed by atoms with Crippen LogP contribution in [0.15, 0.2) is 6.20 Å². The van der Waals surface area contributed by atoms with E-state index in [0.717, 1.165) is 50.3 Å². The first kappa shape index (κ1) is 15.7. The molecule has 2 saturated carbocycles. The van der Waals surface area contributed by atoms with Crippen molar-refractivity contribution in [3.8, 4) is 0 Å². The minimum atomic E-state index is -0.00436.